The number of para-hydroxylation sites is 1. The summed E-state index contributed by atoms with van der Waals surface area (Å²) in [4.78, 5) is 0. The molecule has 0 atom stereocenters. The molecule has 1 heterocycles. The zero-order valence-corrected chi connectivity index (χ0v) is 29.6. The molecular formula is C9H8CaCdCuO17S4Zn. The molecule has 1 aromatic carbocycles. The van der Waals surface area contributed by atoms with Gasteiger partial charge in [0.25, 0.3) is 0 Å². The van der Waals surface area contributed by atoms with Crippen LogP contribution in [0.5, 0.6) is 5.75 Å². The van der Waals surface area contributed by atoms with E-state index in [1.54, 1.807) is 0 Å². The van der Waals surface area contributed by atoms with Gasteiger partial charge in [-0.15, -0.1) is 0 Å². The van der Waals surface area contributed by atoms with E-state index in [9.17, 15) is 0 Å². The van der Waals surface area contributed by atoms with Crippen LogP contribution in [-0.2, 0) is 105 Å². The van der Waals surface area contributed by atoms with Gasteiger partial charge < -0.3 is 41.2 Å². The van der Waals surface area contributed by atoms with Crippen molar-refractivity contribution in [3.8, 4) is 5.75 Å². The van der Waals surface area contributed by atoms with E-state index < -0.39 is 41.6 Å². The molecule has 0 N–H and O–H groups in total. The Balaban J connectivity index is -0.0000000545. The van der Waals surface area contributed by atoms with Crippen LogP contribution in [-0.4, -0.2) is 114 Å². The molecule has 0 fully saturated rings. The van der Waals surface area contributed by atoms with E-state index in [2.05, 4.69) is 6.08 Å². The van der Waals surface area contributed by atoms with Crippen LogP contribution in [0.3, 0.4) is 0 Å². The maximum Gasteiger partial charge on any atom is 2.00 e. The molecule has 1 aromatic rings. The van der Waals surface area contributed by atoms with E-state index in [-0.39, 0.29) is 102 Å². The van der Waals surface area contributed by atoms with Crippen LogP contribution >= 0.6 is 0 Å². The van der Waals surface area contributed by atoms with Crippen LogP contribution in [0, 0.1) is 0 Å². The Labute approximate surface area is 268 Å². The molecule has 0 spiro atoms. The van der Waals surface area contributed by atoms with Crippen LogP contribution in [0.25, 0.3) is 6.08 Å². The van der Waals surface area contributed by atoms with Gasteiger partial charge >= 0.3 is 102 Å². The van der Waals surface area contributed by atoms with Crippen molar-refractivity contribution in [2.75, 3.05) is 6.61 Å². The van der Waals surface area contributed by atoms with Crippen molar-refractivity contribution in [1.82, 2.24) is 0 Å². The molecule has 0 saturated heterocycles. The van der Waals surface area contributed by atoms with Crippen LogP contribution in [0.1, 0.15) is 5.56 Å². The predicted octanol–water partition coefficient (Wildman–Crippen LogP) is -3.65. The Kier molecular flexibility index (Phi) is 38.1. The quantitative estimate of drug-likeness (QED) is 0.139. The van der Waals surface area contributed by atoms with E-state index >= 15 is 0 Å². The summed E-state index contributed by atoms with van der Waals surface area (Å²) in [7, 11) is -20.7. The fourth-order valence-electron chi connectivity index (χ4n) is 1.06. The monoisotopic (exact) mass is 797 g/mol. The second-order valence-electron chi connectivity index (χ2n) is 3.88. The summed E-state index contributed by atoms with van der Waals surface area (Å²) in [5.74, 6) is 0.991. The van der Waals surface area contributed by atoms with Crippen molar-refractivity contribution in [1.29, 1.82) is 0 Å². The summed E-state index contributed by atoms with van der Waals surface area (Å²) in [6, 6.07) is 8.03. The van der Waals surface area contributed by atoms with Gasteiger partial charge in [0.2, 0.25) is 0 Å². The molecule has 0 unspecified atom stereocenters. The molecule has 0 amide bonds. The van der Waals surface area contributed by atoms with E-state index in [0.29, 0.717) is 6.61 Å². The van der Waals surface area contributed by atoms with Crippen molar-refractivity contribution < 1.29 is 139 Å². The van der Waals surface area contributed by atoms with Crippen LogP contribution in [0.15, 0.2) is 30.3 Å². The third-order valence-corrected chi connectivity index (χ3v) is 1.55. The minimum atomic E-state index is -5.17. The summed E-state index contributed by atoms with van der Waals surface area (Å²) in [6.07, 6.45) is 4.10. The fourth-order valence-corrected chi connectivity index (χ4v) is 1.06. The molecule has 1 aliphatic rings. The van der Waals surface area contributed by atoms with Crippen LogP contribution in [0.4, 0.5) is 0 Å². The molecule has 34 heavy (non-hydrogen) atoms. The maximum absolute atomic E-state index is 8.52. The third-order valence-electron chi connectivity index (χ3n) is 1.55. The minimum Gasteiger partial charge on any atom is -0.759 e. The van der Waals surface area contributed by atoms with Gasteiger partial charge in [-0.3, -0.25) is 33.7 Å². The molecule has 17 nitrogen and oxygen atoms in total. The Bertz CT molecular complexity index is 940. The predicted molar refractivity (Wildman–Crippen MR) is 88.6 cm³/mol. The topological polar surface area (TPSA) is 330 Å². The minimum absolute atomic E-state index is 0. The van der Waals surface area contributed by atoms with Gasteiger partial charge in [0, 0.05) is 47.2 Å². The first-order valence-corrected chi connectivity index (χ1v) is 11.4. The average molecular weight is 798 g/mol. The maximum atomic E-state index is 8.52. The average Bonchev–Trinajstić information content (AvgIpc) is 2.40. The molecule has 1 aliphatic heterocycles. The second kappa shape index (κ2) is 24.9. The Morgan fingerprint density at radius 3 is 1.18 bits per heavy atom. The van der Waals surface area contributed by atoms with Crippen molar-refractivity contribution in [3.05, 3.63) is 35.9 Å². The molecule has 0 aliphatic carbocycles. The Hall–Kier alpha value is 1.56. The van der Waals surface area contributed by atoms with Gasteiger partial charge in [0.1, 0.15) is 12.4 Å². The smallest absolute Gasteiger partial charge is 0.759 e. The Morgan fingerprint density at radius 1 is 0.647 bits per heavy atom. The summed E-state index contributed by atoms with van der Waals surface area (Å²) in [5.41, 5.74) is 1.17. The summed E-state index contributed by atoms with van der Waals surface area (Å²) in [6.45, 7) is 0.705. The summed E-state index contributed by atoms with van der Waals surface area (Å²) in [5, 5.41) is 0. The first kappa shape index (κ1) is 52.1. The second-order valence-corrected chi connectivity index (χ2v) is 7.15. The molecule has 2 rings (SSSR count). The molecule has 0 saturated carbocycles. The molecule has 1 radical (unpaired) electrons. The number of benzene rings is 1. The van der Waals surface area contributed by atoms with Gasteiger partial charge in [-0.05, 0) is 12.1 Å². The zero-order chi connectivity index (χ0) is 24.8. The van der Waals surface area contributed by atoms with Gasteiger partial charge in [0.15, 0.2) is 0 Å². The first-order chi connectivity index (χ1) is 13.0. The first-order valence-electron chi connectivity index (χ1n) is 6.02. The van der Waals surface area contributed by atoms with E-state index in [1.165, 1.54) is 5.56 Å². The molecule has 25 heteroatoms. The van der Waals surface area contributed by atoms with Crippen LogP contribution in [0.2, 0.25) is 0 Å². The standard InChI is InChI=1S/C9H8O.Ca.Cd.Cu.4H2O4S.Zn/c1-2-6-9-8(4-1)5-3-7-10-9;;;;4*1-5(2,3)4;/h1-6H,7H2;;;;4*(H2,1,2,3,4);/q;3*+2;;;;;+2/p-8. The Morgan fingerprint density at radius 2 is 0.912 bits per heavy atom. The number of rotatable bonds is 0. The fraction of sp³-hybridized carbons (Fsp3) is 0.111. The zero-order valence-electron chi connectivity index (χ0n) is 16.2. The van der Waals surface area contributed by atoms with E-state index in [4.69, 9.17) is 74.8 Å². The van der Waals surface area contributed by atoms with E-state index in [0.717, 1.165) is 5.75 Å². The summed E-state index contributed by atoms with van der Waals surface area (Å²) >= 11 is 0. The van der Waals surface area contributed by atoms with Crippen molar-refractivity contribution in [2.24, 2.45) is 0 Å². The van der Waals surface area contributed by atoms with E-state index in [1.807, 2.05) is 30.3 Å². The van der Waals surface area contributed by atoms with Gasteiger partial charge in [-0.1, -0.05) is 24.3 Å². The number of hydrogen-bond donors (Lipinski definition) is 0. The molecule has 0 aromatic heterocycles. The normalized spacial score (nSPS) is 10.9. The SMILES string of the molecule is C1=Cc2ccccc2OC1.O=S(=O)([O-])[O-].O=S(=O)([O-])[O-].O=S(=O)([O-])[O-].O=S(=O)([O-])[O-].[Ca+2].[Cd+2].[Cu+2].[Zn+2]. The number of hydrogen-bond acceptors (Lipinski definition) is 17. The largest absolute Gasteiger partial charge is 2.00 e. The molecule has 187 valence electrons. The van der Waals surface area contributed by atoms with Crippen LogP contribution < -0.4 is 4.74 Å². The van der Waals surface area contributed by atoms with Gasteiger partial charge in [-0.2, -0.15) is 0 Å². The number of ether oxygens (including phenoxy) is 1. The van der Waals surface area contributed by atoms with Crippen molar-refractivity contribution in [2.45, 2.75) is 0 Å². The number of fused-ring (bicyclic) bond motifs is 1. The van der Waals surface area contributed by atoms with Crippen molar-refractivity contribution >= 4 is 85.4 Å². The molecule has 0 bridgehead atoms. The summed E-state index contributed by atoms with van der Waals surface area (Å²) < 4.78 is 142. The van der Waals surface area contributed by atoms with Gasteiger partial charge in [-0.25, -0.2) is 0 Å². The third kappa shape index (κ3) is 93.0. The van der Waals surface area contributed by atoms with Crippen molar-refractivity contribution in [3.63, 3.8) is 0 Å². The molecular weight excluding hydrogens is 790 g/mol. The van der Waals surface area contributed by atoms with Gasteiger partial charge in [0.05, 0.1) is 0 Å².